The predicted octanol–water partition coefficient (Wildman–Crippen LogP) is 3.87. The van der Waals surface area contributed by atoms with Gasteiger partial charge in [-0.15, -0.1) is 0 Å². The Kier molecular flexibility index (Phi) is 3.33. The Hall–Kier alpha value is -0.790. The minimum atomic E-state index is -0.632. The van der Waals surface area contributed by atoms with Gasteiger partial charge in [0.15, 0.2) is 0 Å². The smallest absolute Gasteiger partial charge is 0.303 e. The first-order chi connectivity index (χ1) is 7.95. The van der Waals surface area contributed by atoms with Gasteiger partial charge >= 0.3 is 5.97 Å². The monoisotopic (exact) mass is 236 g/mol. The van der Waals surface area contributed by atoms with Gasteiger partial charge in [-0.25, -0.2) is 0 Å². The molecule has 0 aromatic rings. The highest BCUT2D eigenvalue weighted by Gasteiger charge is 2.48. The van der Waals surface area contributed by atoms with E-state index in [1.807, 2.05) is 0 Å². The SMILES string of the molecule is CC1=CCC[C@H]2C1CC[C@@H](C)[C@]2(C)CC(=O)O. The molecule has 1 N–H and O–H groups in total. The number of allylic oxidation sites excluding steroid dienone is 2. The van der Waals surface area contributed by atoms with E-state index in [1.165, 1.54) is 24.8 Å². The second-order valence-electron chi connectivity index (χ2n) is 6.29. The molecule has 2 aliphatic rings. The molecule has 0 aromatic heterocycles. The Balaban J connectivity index is 2.28. The maximum atomic E-state index is 11.2. The molecule has 1 fully saturated rings. The van der Waals surface area contributed by atoms with Crippen LogP contribution in [0.25, 0.3) is 0 Å². The third kappa shape index (κ3) is 2.14. The molecule has 0 spiro atoms. The Morgan fingerprint density at radius 2 is 2.18 bits per heavy atom. The van der Waals surface area contributed by atoms with Crippen molar-refractivity contribution in [3.63, 3.8) is 0 Å². The van der Waals surface area contributed by atoms with Gasteiger partial charge < -0.3 is 5.11 Å². The summed E-state index contributed by atoms with van der Waals surface area (Å²) in [5, 5.41) is 9.19. The fourth-order valence-corrected chi connectivity index (χ4v) is 4.13. The number of carboxylic acids is 1. The van der Waals surface area contributed by atoms with E-state index in [2.05, 4.69) is 26.8 Å². The van der Waals surface area contributed by atoms with Gasteiger partial charge in [0.1, 0.15) is 0 Å². The molecule has 1 unspecified atom stereocenters. The summed E-state index contributed by atoms with van der Waals surface area (Å²) in [5.74, 6) is 1.12. The molecule has 0 amide bonds. The second kappa shape index (κ2) is 4.47. The molecule has 2 aliphatic carbocycles. The van der Waals surface area contributed by atoms with E-state index in [4.69, 9.17) is 0 Å². The minimum Gasteiger partial charge on any atom is -0.481 e. The molecule has 2 heteroatoms. The van der Waals surface area contributed by atoms with Crippen LogP contribution < -0.4 is 0 Å². The van der Waals surface area contributed by atoms with Gasteiger partial charge in [0.05, 0.1) is 6.42 Å². The molecule has 0 aromatic carbocycles. The van der Waals surface area contributed by atoms with Gasteiger partial charge in [0.25, 0.3) is 0 Å². The number of rotatable bonds is 2. The molecule has 0 aliphatic heterocycles. The summed E-state index contributed by atoms with van der Waals surface area (Å²) in [6, 6.07) is 0. The van der Waals surface area contributed by atoms with E-state index in [0.29, 0.717) is 24.2 Å². The van der Waals surface area contributed by atoms with Crippen LogP contribution in [0, 0.1) is 23.2 Å². The van der Waals surface area contributed by atoms with Crippen LogP contribution >= 0.6 is 0 Å². The largest absolute Gasteiger partial charge is 0.481 e. The second-order valence-corrected chi connectivity index (χ2v) is 6.29. The van der Waals surface area contributed by atoms with Crippen LogP contribution in [-0.4, -0.2) is 11.1 Å². The zero-order valence-corrected chi connectivity index (χ0v) is 11.2. The molecule has 2 rings (SSSR count). The lowest BCUT2D eigenvalue weighted by Crippen LogP contribution is -2.45. The molecule has 0 saturated heterocycles. The highest BCUT2D eigenvalue weighted by molar-refractivity contribution is 5.67. The zero-order chi connectivity index (χ0) is 12.6. The molecule has 0 radical (unpaired) electrons. The molecular formula is C15H24O2. The number of fused-ring (bicyclic) bond motifs is 1. The molecule has 4 atom stereocenters. The van der Waals surface area contributed by atoms with Crippen LogP contribution in [-0.2, 0) is 4.79 Å². The predicted molar refractivity (Wildman–Crippen MR) is 68.7 cm³/mol. The lowest BCUT2D eigenvalue weighted by molar-refractivity contribution is -0.143. The van der Waals surface area contributed by atoms with Crippen LogP contribution in [0.2, 0.25) is 0 Å². The zero-order valence-electron chi connectivity index (χ0n) is 11.2. The standard InChI is InChI=1S/C15H24O2/c1-10-5-4-6-13-12(10)8-7-11(2)15(13,3)9-14(16)17/h5,11-13H,4,6-9H2,1-3H3,(H,16,17)/t11-,12?,13+,15+/m1/s1. The molecule has 0 heterocycles. The van der Waals surface area contributed by atoms with Gasteiger partial charge in [0.2, 0.25) is 0 Å². The highest BCUT2D eigenvalue weighted by atomic mass is 16.4. The number of carbonyl (C=O) groups is 1. The number of carboxylic acid groups (broad SMARTS) is 1. The summed E-state index contributed by atoms with van der Waals surface area (Å²) in [4.78, 5) is 11.2. The van der Waals surface area contributed by atoms with Crippen LogP contribution in [0.1, 0.15) is 52.9 Å². The van der Waals surface area contributed by atoms with Crippen molar-refractivity contribution in [3.8, 4) is 0 Å². The third-order valence-corrected chi connectivity index (χ3v) is 5.43. The van der Waals surface area contributed by atoms with Gasteiger partial charge in [-0.1, -0.05) is 25.5 Å². The van der Waals surface area contributed by atoms with E-state index in [-0.39, 0.29) is 5.41 Å². The van der Waals surface area contributed by atoms with Gasteiger partial charge in [0, 0.05) is 0 Å². The lowest BCUT2D eigenvalue weighted by Gasteiger charge is -2.51. The topological polar surface area (TPSA) is 37.3 Å². The average Bonchev–Trinajstić information content (AvgIpc) is 2.24. The molecule has 96 valence electrons. The summed E-state index contributed by atoms with van der Waals surface area (Å²) in [5.41, 5.74) is 1.49. The van der Waals surface area contributed by atoms with Gasteiger partial charge in [-0.3, -0.25) is 4.79 Å². The Morgan fingerprint density at radius 1 is 1.47 bits per heavy atom. The van der Waals surface area contributed by atoms with Crippen molar-refractivity contribution in [3.05, 3.63) is 11.6 Å². The Morgan fingerprint density at radius 3 is 2.82 bits per heavy atom. The van der Waals surface area contributed by atoms with Crippen LogP contribution in [0.3, 0.4) is 0 Å². The molecule has 17 heavy (non-hydrogen) atoms. The van der Waals surface area contributed by atoms with Crippen molar-refractivity contribution >= 4 is 5.97 Å². The number of aliphatic carboxylic acids is 1. The van der Waals surface area contributed by atoms with E-state index in [0.717, 1.165) is 6.42 Å². The van der Waals surface area contributed by atoms with Crippen molar-refractivity contribution in [2.24, 2.45) is 23.2 Å². The first kappa shape index (κ1) is 12.7. The third-order valence-electron chi connectivity index (χ3n) is 5.43. The van der Waals surface area contributed by atoms with Crippen molar-refractivity contribution < 1.29 is 9.90 Å². The summed E-state index contributed by atoms with van der Waals surface area (Å²) < 4.78 is 0. The number of hydrogen-bond donors (Lipinski definition) is 1. The summed E-state index contributed by atoms with van der Waals surface area (Å²) in [6.07, 6.45) is 7.44. The van der Waals surface area contributed by atoms with Crippen LogP contribution in [0.5, 0.6) is 0 Å². The molecule has 1 saturated carbocycles. The normalized spacial score (nSPS) is 41.6. The van der Waals surface area contributed by atoms with Crippen LogP contribution in [0.15, 0.2) is 11.6 Å². The maximum Gasteiger partial charge on any atom is 0.303 e. The Bertz CT molecular complexity index is 345. The maximum absolute atomic E-state index is 11.2. The fourth-order valence-electron chi connectivity index (χ4n) is 4.13. The highest BCUT2D eigenvalue weighted by Crippen LogP contribution is 2.55. The van der Waals surface area contributed by atoms with Crippen molar-refractivity contribution in [1.29, 1.82) is 0 Å². The van der Waals surface area contributed by atoms with E-state index in [9.17, 15) is 9.90 Å². The van der Waals surface area contributed by atoms with E-state index < -0.39 is 5.97 Å². The first-order valence-corrected chi connectivity index (χ1v) is 6.83. The van der Waals surface area contributed by atoms with Gasteiger partial charge in [-0.2, -0.15) is 0 Å². The van der Waals surface area contributed by atoms with Crippen molar-refractivity contribution in [2.75, 3.05) is 0 Å². The van der Waals surface area contributed by atoms with E-state index in [1.54, 1.807) is 0 Å². The summed E-state index contributed by atoms with van der Waals surface area (Å²) >= 11 is 0. The molecule has 0 bridgehead atoms. The Labute approximate surface area is 104 Å². The molecular weight excluding hydrogens is 212 g/mol. The first-order valence-electron chi connectivity index (χ1n) is 6.83. The lowest BCUT2D eigenvalue weighted by atomic mass is 9.53. The number of hydrogen-bond acceptors (Lipinski definition) is 1. The van der Waals surface area contributed by atoms with Crippen molar-refractivity contribution in [2.45, 2.75) is 52.9 Å². The fraction of sp³-hybridized carbons (Fsp3) is 0.800. The summed E-state index contributed by atoms with van der Waals surface area (Å²) in [6.45, 7) is 6.68. The van der Waals surface area contributed by atoms with Crippen molar-refractivity contribution in [1.82, 2.24) is 0 Å². The minimum absolute atomic E-state index is 0.00965. The molecule has 2 nitrogen and oxygen atoms in total. The average molecular weight is 236 g/mol. The van der Waals surface area contributed by atoms with Crippen LogP contribution in [0.4, 0.5) is 0 Å². The van der Waals surface area contributed by atoms with Gasteiger partial charge in [-0.05, 0) is 55.8 Å². The summed E-state index contributed by atoms with van der Waals surface area (Å²) in [7, 11) is 0. The van der Waals surface area contributed by atoms with E-state index >= 15 is 0 Å². The quantitative estimate of drug-likeness (QED) is 0.739.